The lowest BCUT2D eigenvalue weighted by Crippen LogP contribution is -2.04. The zero-order chi connectivity index (χ0) is 17.7. The van der Waals surface area contributed by atoms with Crippen molar-refractivity contribution in [3.8, 4) is 22.6 Å². The Morgan fingerprint density at radius 1 is 0.917 bits per heavy atom. The van der Waals surface area contributed by atoms with Crippen LogP contribution in [0.25, 0.3) is 11.1 Å². The van der Waals surface area contributed by atoms with E-state index in [0.29, 0.717) is 0 Å². The number of rotatable bonds is 5. The van der Waals surface area contributed by atoms with E-state index in [2.05, 4.69) is 13.2 Å². The van der Waals surface area contributed by atoms with Crippen LogP contribution in [0.4, 0.5) is 8.78 Å². The molecule has 0 aliphatic heterocycles. The highest BCUT2D eigenvalue weighted by atomic mass is 19.1. The lowest BCUT2D eigenvalue weighted by molar-refractivity contribution is -0.128. The third kappa shape index (κ3) is 3.92. The van der Waals surface area contributed by atoms with Crippen molar-refractivity contribution in [1.82, 2.24) is 0 Å². The number of benzene rings is 2. The minimum Gasteiger partial charge on any atom is -0.440 e. The second-order valence-electron chi connectivity index (χ2n) is 4.58. The molecular formula is C18H13F2NO3. The minimum absolute atomic E-state index is 0.00347. The van der Waals surface area contributed by atoms with E-state index in [9.17, 15) is 13.6 Å². The molecule has 0 aromatic heterocycles. The molecule has 0 radical (unpaired) electrons. The Bertz CT molecular complexity index is 762. The van der Waals surface area contributed by atoms with Gasteiger partial charge >= 0.3 is 5.97 Å². The van der Waals surface area contributed by atoms with Crippen LogP contribution in [0.15, 0.2) is 61.7 Å². The minimum atomic E-state index is -0.754. The van der Waals surface area contributed by atoms with Gasteiger partial charge in [-0.15, -0.1) is 0 Å². The molecule has 0 saturated heterocycles. The average Bonchev–Trinajstić information content (AvgIpc) is 2.55. The van der Waals surface area contributed by atoms with Crippen molar-refractivity contribution in [2.45, 2.75) is 0 Å². The van der Waals surface area contributed by atoms with Crippen LogP contribution < -0.4 is 9.47 Å². The third-order valence-electron chi connectivity index (χ3n) is 2.97. The Labute approximate surface area is 137 Å². The molecule has 4 nitrogen and oxygen atoms in total. The predicted molar refractivity (Wildman–Crippen MR) is 86.2 cm³/mol. The van der Waals surface area contributed by atoms with E-state index >= 15 is 0 Å². The van der Waals surface area contributed by atoms with E-state index in [1.165, 1.54) is 24.3 Å². The summed E-state index contributed by atoms with van der Waals surface area (Å²) in [5, 5.41) is 7.32. The fourth-order valence-corrected chi connectivity index (χ4v) is 1.88. The van der Waals surface area contributed by atoms with Crippen molar-refractivity contribution in [3.05, 3.63) is 73.3 Å². The Balaban J connectivity index is 2.31. The van der Waals surface area contributed by atoms with Crippen LogP contribution >= 0.6 is 0 Å². The summed E-state index contributed by atoms with van der Waals surface area (Å²) in [5.41, 5.74) is 0.00262. The normalized spacial score (nSPS) is 9.92. The molecule has 0 saturated carbocycles. The number of carbonyl (C=O) groups excluding carboxylic acids is 1. The summed E-state index contributed by atoms with van der Waals surface area (Å²) in [6.45, 7) is 6.60. The maximum absolute atomic E-state index is 14.2. The number of nitrogens with one attached hydrogen (secondary N) is 1. The van der Waals surface area contributed by atoms with Crippen LogP contribution in [0.1, 0.15) is 0 Å². The highest BCUT2D eigenvalue weighted by Crippen LogP contribution is 2.30. The number of halogens is 2. The van der Waals surface area contributed by atoms with Crippen molar-refractivity contribution in [2.24, 2.45) is 0 Å². The zero-order valence-corrected chi connectivity index (χ0v) is 12.5. The smallest absolute Gasteiger partial charge is 0.335 e. The summed E-state index contributed by atoms with van der Waals surface area (Å²) in [7, 11) is 0. The fourth-order valence-electron chi connectivity index (χ4n) is 1.88. The molecule has 2 aromatic carbocycles. The van der Waals surface area contributed by atoms with Crippen LogP contribution in [0.3, 0.4) is 0 Å². The van der Waals surface area contributed by atoms with E-state index in [-0.39, 0.29) is 28.5 Å². The zero-order valence-electron chi connectivity index (χ0n) is 12.5. The van der Waals surface area contributed by atoms with Crippen LogP contribution in [0.5, 0.6) is 11.5 Å². The van der Waals surface area contributed by atoms with Crippen molar-refractivity contribution in [2.75, 3.05) is 0 Å². The van der Waals surface area contributed by atoms with Crippen LogP contribution in [0.2, 0.25) is 0 Å². The van der Waals surface area contributed by atoms with Gasteiger partial charge in [0.1, 0.15) is 23.1 Å². The van der Waals surface area contributed by atoms with Crippen LogP contribution in [-0.2, 0) is 4.79 Å². The van der Waals surface area contributed by atoms with Gasteiger partial charge in [-0.1, -0.05) is 13.2 Å². The molecule has 0 bridgehead atoms. The highest BCUT2D eigenvalue weighted by molar-refractivity contribution is 5.86. The van der Waals surface area contributed by atoms with E-state index in [1.807, 2.05) is 0 Å². The van der Waals surface area contributed by atoms with Gasteiger partial charge in [0.25, 0.3) is 0 Å². The molecule has 24 heavy (non-hydrogen) atoms. The third-order valence-corrected chi connectivity index (χ3v) is 2.97. The van der Waals surface area contributed by atoms with Crippen molar-refractivity contribution in [3.63, 3.8) is 0 Å². The lowest BCUT2D eigenvalue weighted by Gasteiger charge is -2.09. The molecule has 0 unspecified atom stereocenters. The number of hydrogen-bond acceptors (Lipinski definition) is 4. The molecule has 0 fully saturated rings. The summed E-state index contributed by atoms with van der Waals surface area (Å²) >= 11 is 0. The monoisotopic (exact) mass is 329 g/mol. The number of ether oxygens (including phenoxy) is 2. The quantitative estimate of drug-likeness (QED) is 0.293. The summed E-state index contributed by atoms with van der Waals surface area (Å²) < 4.78 is 38.2. The summed E-state index contributed by atoms with van der Waals surface area (Å²) in [6.07, 6.45) is 2.11. The predicted octanol–water partition coefficient (Wildman–Crippen LogP) is 4.27. The first-order valence-electron chi connectivity index (χ1n) is 6.77. The Hall–Kier alpha value is -3.28. The van der Waals surface area contributed by atoms with Crippen LogP contribution in [-0.4, -0.2) is 11.9 Å². The molecule has 0 amide bonds. The SMILES string of the molecule is C=CC(=N)Oc1ccc(-c2ccc(OC(=O)C=C)cc2F)c(F)c1. The molecule has 0 aliphatic rings. The molecular weight excluding hydrogens is 316 g/mol. The van der Waals surface area contributed by atoms with E-state index in [0.717, 1.165) is 24.3 Å². The maximum atomic E-state index is 14.2. The standard InChI is InChI=1S/C18H13F2NO3/c1-3-17(21)23-11-5-7-13(15(19)9-11)14-8-6-12(10-16(14)20)24-18(22)4-2/h3-10,21H,1-2H2. The molecule has 0 heterocycles. The molecule has 2 rings (SSSR count). The largest absolute Gasteiger partial charge is 0.440 e. The molecule has 6 heteroatoms. The van der Waals surface area contributed by atoms with Crippen LogP contribution in [0, 0.1) is 17.0 Å². The van der Waals surface area contributed by atoms with Crippen molar-refractivity contribution in [1.29, 1.82) is 5.41 Å². The number of hydrogen-bond donors (Lipinski definition) is 1. The summed E-state index contributed by atoms with van der Waals surface area (Å²) in [4.78, 5) is 11.1. The Morgan fingerprint density at radius 3 is 1.83 bits per heavy atom. The Kier molecular flexibility index (Phi) is 5.21. The molecule has 0 aliphatic carbocycles. The van der Waals surface area contributed by atoms with Gasteiger partial charge < -0.3 is 9.47 Å². The fraction of sp³-hybridized carbons (Fsp3) is 0. The second kappa shape index (κ2) is 7.32. The topological polar surface area (TPSA) is 59.4 Å². The Morgan fingerprint density at radius 2 is 1.42 bits per heavy atom. The van der Waals surface area contributed by atoms with Gasteiger partial charge in [0, 0.05) is 29.3 Å². The molecule has 122 valence electrons. The van der Waals surface area contributed by atoms with Crippen molar-refractivity contribution < 1.29 is 23.0 Å². The molecule has 1 N–H and O–H groups in total. The van der Waals surface area contributed by atoms with Gasteiger partial charge in [-0.2, -0.15) is 0 Å². The molecule has 0 spiro atoms. The highest BCUT2D eigenvalue weighted by Gasteiger charge is 2.13. The molecule has 2 aromatic rings. The van der Waals surface area contributed by atoms with Gasteiger partial charge in [0.15, 0.2) is 0 Å². The average molecular weight is 329 g/mol. The summed E-state index contributed by atoms with van der Waals surface area (Å²) in [6, 6.07) is 7.39. The van der Waals surface area contributed by atoms with E-state index < -0.39 is 17.6 Å². The maximum Gasteiger partial charge on any atom is 0.335 e. The number of esters is 1. The van der Waals surface area contributed by atoms with E-state index in [4.69, 9.17) is 14.9 Å². The second-order valence-corrected chi connectivity index (χ2v) is 4.58. The van der Waals surface area contributed by atoms with Gasteiger partial charge in [-0.05, 0) is 30.3 Å². The first-order valence-corrected chi connectivity index (χ1v) is 6.77. The number of carbonyl (C=O) groups is 1. The van der Waals surface area contributed by atoms with Gasteiger partial charge in [-0.3, -0.25) is 5.41 Å². The molecule has 0 atom stereocenters. The van der Waals surface area contributed by atoms with Gasteiger partial charge in [0.2, 0.25) is 5.90 Å². The van der Waals surface area contributed by atoms with Gasteiger partial charge in [-0.25, -0.2) is 13.6 Å². The lowest BCUT2D eigenvalue weighted by atomic mass is 10.0. The van der Waals surface area contributed by atoms with Crippen molar-refractivity contribution >= 4 is 11.9 Å². The van der Waals surface area contributed by atoms with Gasteiger partial charge in [0.05, 0.1) is 0 Å². The van der Waals surface area contributed by atoms with E-state index in [1.54, 1.807) is 0 Å². The summed E-state index contributed by atoms with van der Waals surface area (Å²) in [5.74, 6) is -2.35. The first kappa shape index (κ1) is 17.1. The first-order chi connectivity index (χ1) is 11.4.